The van der Waals surface area contributed by atoms with E-state index in [9.17, 15) is 15.3 Å². The van der Waals surface area contributed by atoms with Crippen LogP contribution in [0.2, 0.25) is 0 Å². The van der Waals surface area contributed by atoms with Gasteiger partial charge in [0.1, 0.15) is 12.1 Å². The van der Waals surface area contributed by atoms with Gasteiger partial charge in [0.2, 0.25) is 0 Å². The number of rotatable bonds is 2. The Bertz CT molecular complexity index is 1130. The molecule has 128 valence electrons. The minimum atomic E-state index is -0.116. The molecular weight excluding hydrogens is 354 g/mol. The number of fused-ring (bicyclic) bond motifs is 2. The maximum Gasteiger partial charge on any atom is 0.259 e. The van der Waals surface area contributed by atoms with Crippen molar-refractivity contribution < 1.29 is 4.79 Å². The van der Waals surface area contributed by atoms with Crippen molar-refractivity contribution in [3.05, 3.63) is 89.0 Å². The summed E-state index contributed by atoms with van der Waals surface area (Å²) in [4.78, 5) is 16.6. The van der Waals surface area contributed by atoms with Crippen LogP contribution in [0.15, 0.2) is 76.5 Å². The molecule has 0 fully saturated rings. The van der Waals surface area contributed by atoms with E-state index < -0.39 is 0 Å². The summed E-state index contributed by atoms with van der Waals surface area (Å²) in [6.45, 7) is 0.387. The lowest BCUT2D eigenvalue weighted by atomic mass is 10.1. The number of hydrogen-bond donors (Lipinski definition) is 0. The Hall–Kier alpha value is -3.54. The first-order chi connectivity index (χ1) is 13.2. The van der Waals surface area contributed by atoms with Crippen LogP contribution >= 0.6 is 11.8 Å². The Morgan fingerprint density at radius 1 is 0.852 bits per heavy atom. The van der Waals surface area contributed by atoms with Crippen LogP contribution in [0, 0.1) is 22.7 Å². The van der Waals surface area contributed by atoms with Crippen LogP contribution in [-0.4, -0.2) is 5.91 Å². The van der Waals surface area contributed by atoms with Crippen LogP contribution < -0.4 is 4.90 Å². The maximum atomic E-state index is 13.3. The summed E-state index contributed by atoms with van der Waals surface area (Å²) in [5.41, 5.74) is 2.85. The van der Waals surface area contributed by atoms with Crippen LogP contribution in [0.25, 0.3) is 0 Å². The minimum absolute atomic E-state index is 0.116. The molecule has 1 aliphatic heterocycles. The summed E-state index contributed by atoms with van der Waals surface area (Å²) < 4.78 is 0. The van der Waals surface area contributed by atoms with Gasteiger partial charge in [-0.1, -0.05) is 54.2 Å². The fourth-order valence-corrected chi connectivity index (χ4v) is 4.17. The number of nitriles is 2. The summed E-state index contributed by atoms with van der Waals surface area (Å²) >= 11 is 1.45. The molecule has 0 aliphatic carbocycles. The molecule has 4 nitrogen and oxygen atoms in total. The number of carbonyl (C=O) groups is 1. The van der Waals surface area contributed by atoms with Gasteiger partial charge >= 0.3 is 0 Å². The second-order valence-corrected chi connectivity index (χ2v) is 7.15. The first kappa shape index (κ1) is 16.9. The summed E-state index contributed by atoms with van der Waals surface area (Å²) in [5, 5.41) is 18.8. The summed E-state index contributed by atoms with van der Waals surface area (Å²) in [6, 6.07) is 24.7. The van der Waals surface area contributed by atoms with Gasteiger partial charge in [-0.15, -0.1) is 0 Å². The van der Waals surface area contributed by atoms with Gasteiger partial charge in [0, 0.05) is 9.79 Å². The van der Waals surface area contributed by atoms with Crippen LogP contribution in [-0.2, 0) is 6.54 Å². The Balaban J connectivity index is 1.93. The van der Waals surface area contributed by atoms with E-state index in [4.69, 9.17) is 0 Å². The van der Waals surface area contributed by atoms with Gasteiger partial charge in [-0.25, -0.2) is 0 Å². The zero-order valence-corrected chi connectivity index (χ0v) is 15.0. The predicted molar refractivity (Wildman–Crippen MR) is 103 cm³/mol. The van der Waals surface area contributed by atoms with Crippen LogP contribution in [0.5, 0.6) is 0 Å². The van der Waals surface area contributed by atoms with Crippen molar-refractivity contribution >= 4 is 23.4 Å². The fourth-order valence-electron chi connectivity index (χ4n) is 3.07. The molecule has 0 bridgehead atoms. The van der Waals surface area contributed by atoms with E-state index in [0.717, 1.165) is 15.4 Å². The molecule has 3 aromatic carbocycles. The van der Waals surface area contributed by atoms with Gasteiger partial charge in [0.05, 0.1) is 28.9 Å². The molecule has 1 heterocycles. The van der Waals surface area contributed by atoms with E-state index in [1.807, 2.05) is 54.6 Å². The topological polar surface area (TPSA) is 67.9 Å². The molecule has 0 spiro atoms. The Morgan fingerprint density at radius 2 is 1.52 bits per heavy atom. The molecular formula is C22H13N3OS. The highest BCUT2D eigenvalue weighted by atomic mass is 32.2. The normalized spacial score (nSPS) is 12.4. The highest BCUT2D eigenvalue weighted by Gasteiger charge is 2.28. The lowest BCUT2D eigenvalue weighted by Crippen LogP contribution is -2.30. The van der Waals surface area contributed by atoms with Gasteiger partial charge in [0.25, 0.3) is 5.91 Å². The minimum Gasteiger partial charge on any atom is -0.303 e. The zero-order valence-electron chi connectivity index (χ0n) is 14.2. The van der Waals surface area contributed by atoms with E-state index >= 15 is 0 Å². The van der Waals surface area contributed by atoms with Gasteiger partial charge in [-0.2, -0.15) is 10.5 Å². The van der Waals surface area contributed by atoms with Crippen molar-refractivity contribution in [2.45, 2.75) is 16.3 Å². The monoisotopic (exact) mass is 367 g/mol. The molecule has 0 radical (unpaired) electrons. The number of nitrogens with zero attached hydrogens (tertiary/aromatic N) is 3. The molecule has 5 heteroatoms. The van der Waals surface area contributed by atoms with Crippen LogP contribution in [0.4, 0.5) is 5.69 Å². The van der Waals surface area contributed by atoms with E-state index in [2.05, 4.69) is 12.1 Å². The first-order valence-corrected chi connectivity index (χ1v) is 9.14. The number of carbonyl (C=O) groups excluding carboxylic acids is 1. The summed E-state index contributed by atoms with van der Waals surface area (Å²) in [5.74, 6) is -0.116. The average Bonchev–Trinajstić information content (AvgIpc) is 2.82. The molecule has 3 aromatic rings. The third-order valence-corrected chi connectivity index (χ3v) is 5.52. The highest BCUT2D eigenvalue weighted by Crippen LogP contribution is 2.43. The lowest BCUT2D eigenvalue weighted by Gasteiger charge is -2.23. The summed E-state index contributed by atoms with van der Waals surface area (Å²) in [7, 11) is 0. The molecule has 4 rings (SSSR count). The largest absolute Gasteiger partial charge is 0.303 e. The van der Waals surface area contributed by atoms with E-state index in [1.165, 1.54) is 11.8 Å². The van der Waals surface area contributed by atoms with Gasteiger partial charge < -0.3 is 4.90 Å². The quantitative estimate of drug-likeness (QED) is 0.656. The van der Waals surface area contributed by atoms with Crippen molar-refractivity contribution in [3.8, 4) is 12.1 Å². The maximum absolute atomic E-state index is 13.3. The molecule has 0 N–H and O–H groups in total. The molecule has 0 atom stereocenters. The molecule has 0 aromatic heterocycles. The predicted octanol–water partition coefficient (Wildman–Crippen LogP) is 4.74. The van der Waals surface area contributed by atoms with Crippen molar-refractivity contribution in [3.63, 3.8) is 0 Å². The number of anilines is 1. The third-order valence-electron chi connectivity index (χ3n) is 4.40. The number of amides is 1. The number of benzene rings is 3. The van der Waals surface area contributed by atoms with Gasteiger partial charge in [-0.05, 0) is 29.8 Å². The first-order valence-electron chi connectivity index (χ1n) is 8.32. The molecule has 0 saturated heterocycles. The van der Waals surface area contributed by atoms with E-state index in [1.54, 1.807) is 17.0 Å². The molecule has 1 aliphatic rings. The van der Waals surface area contributed by atoms with Gasteiger partial charge in [0.15, 0.2) is 0 Å². The molecule has 1 amide bonds. The van der Waals surface area contributed by atoms with Gasteiger partial charge in [-0.3, -0.25) is 4.79 Å². The highest BCUT2D eigenvalue weighted by molar-refractivity contribution is 7.99. The second kappa shape index (κ2) is 6.99. The Morgan fingerprint density at radius 3 is 2.26 bits per heavy atom. The Labute approximate surface area is 161 Å². The summed E-state index contributed by atoms with van der Waals surface area (Å²) in [6.07, 6.45) is 0. The smallest absolute Gasteiger partial charge is 0.259 e. The molecule has 0 unspecified atom stereocenters. The molecule has 27 heavy (non-hydrogen) atoms. The zero-order chi connectivity index (χ0) is 18.8. The van der Waals surface area contributed by atoms with Crippen molar-refractivity contribution in [2.75, 3.05) is 4.90 Å². The fraction of sp³-hybridized carbons (Fsp3) is 0.0455. The van der Waals surface area contributed by atoms with Crippen molar-refractivity contribution in [2.24, 2.45) is 0 Å². The number of hydrogen-bond acceptors (Lipinski definition) is 4. The van der Waals surface area contributed by atoms with E-state index in [-0.39, 0.29) is 11.5 Å². The third kappa shape index (κ3) is 3.06. The van der Waals surface area contributed by atoms with Crippen molar-refractivity contribution in [1.82, 2.24) is 0 Å². The molecule has 0 saturated carbocycles. The van der Waals surface area contributed by atoms with Crippen molar-refractivity contribution in [1.29, 1.82) is 10.5 Å². The lowest BCUT2D eigenvalue weighted by molar-refractivity contribution is 0.0982. The Kier molecular flexibility index (Phi) is 4.38. The van der Waals surface area contributed by atoms with Crippen LogP contribution in [0.1, 0.15) is 27.0 Å². The second-order valence-electron chi connectivity index (χ2n) is 6.06. The SMILES string of the molecule is N#Cc1cc2c(cc1C#N)N(Cc1ccccc1)C(=O)c1ccccc1S2. The average molecular weight is 367 g/mol. The van der Waals surface area contributed by atoms with E-state index in [0.29, 0.717) is 23.4 Å². The van der Waals surface area contributed by atoms with Crippen LogP contribution in [0.3, 0.4) is 0 Å². The standard InChI is InChI=1S/C22H13N3OS/c23-12-16-10-19-21(11-17(16)13-24)27-20-9-5-4-8-18(20)22(26)25(19)14-15-6-2-1-3-7-15/h1-11H,14H2.